The van der Waals surface area contributed by atoms with E-state index in [4.69, 9.17) is 10.5 Å². The summed E-state index contributed by atoms with van der Waals surface area (Å²) in [5.74, 6) is 0.251. The third-order valence-electron chi connectivity index (χ3n) is 4.68. The molecule has 1 saturated heterocycles. The van der Waals surface area contributed by atoms with Crippen molar-refractivity contribution in [1.82, 2.24) is 14.5 Å². The zero-order valence-corrected chi connectivity index (χ0v) is 21.6. The lowest BCUT2D eigenvalue weighted by atomic mass is 10.1. The molecule has 11 heteroatoms. The summed E-state index contributed by atoms with van der Waals surface area (Å²) < 4.78 is 31.9. The number of benzene rings is 1. The predicted octanol–water partition coefficient (Wildman–Crippen LogP) is 1.24. The van der Waals surface area contributed by atoms with Gasteiger partial charge in [-0.15, -0.1) is 24.0 Å². The van der Waals surface area contributed by atoms with Gasteiger partial charge in [0.2, 0.25) is 15.9 Å². The molecule has 0 spiro atoms. The number of aliphatic imine (C=N–C) groups is 1. The van der Waals surface area contributed by atoms with Crippen molar-refractivity contribution in [2.45, 2.75) is 33.4 Å². The number of carbonyl (C=O) groups excluding carboxylic acids is 1. The molecule has 1 amide bonds. The lowest BCUT2D eigenvalue weighted by Crippen LogP contribution is -2.54. The second-order valence-corrected chi connectivity index (χ2v) is 9.44. The van der Waals surface area contributed by atoms with Crippen molar-refractivity contribution in [2.75, 3.05) is 45.1 Å². The number of guanidine groups is 1. The van der Waals surface area contributed by atoms with E-state index in [2.05, 4.69) is 15.2 Å². The van der Waals surface area contributed by atoms with E-state index in [0.29, 0.717) is 44.8 Å². The Morgan fingerprint density at radius 2 is 1.94 bits per heavy atom. The largest absolute Gasteiger partial charge is 0.378 e. The second-order valence-electron chi connectivity index (χ2n) is 7.36. The van der Waals surface area contributed by atoms with Crippen molar-refractivity contribution in [1.29, 1.82) is 0 Å². The van der Waals surface area contributed by atoms with Crippen LogP contribution in [-0.4, -0.2) is 80.7 Å². The number of primary amides is 1. The summed E-state index contributed by atoms with van der Waals surface area (Å²) in [7, 11) is -3.33. The standard InChI is InChI=1S/C20H33N5O4S.HI/c1-4-22-20(23-15-17-6-5-7-18(14-17)19(21)26)24-8-10-25(11-9-24)30(27,28)13-12-29-16(2)3;/h5-7,14,16H,4,8-13,15H2,1-3H3,(H2,21,26)(H,22,23);1H. The maximum atomic E-state index is 12.5. The molecule has 0 bridgehead atoms. The molecule has 1 aromatic carbocycles. The highest BCUT2D eigenvalue weighted by Crippen LogP contribution is 2.11. The van der Waals surface area contributed by atoms with E-state index in [1.807, 2.05) is 26.8 Å². The first kappa shape index (κ1) is 27.6. The van der Waals surface area contributed by atoms with Crippen molar-refractivity contribution in [3.05, 3.63) is 35.4 Å². The SMILES string of the molecule is CCNC(=NCc1cccc(C(N)=O)c1)N1CCN(S(=O)(=O)CCOC(C)C)CC1.I. The number of hydrogen-bond acceptors (Lipinski definition) is 5. The minimum absolute atomic E-state index is 0. The van der Waals surface area contributed by atoms with Crippen molar-refractivity contribution in [3.8, 4) is 0 Å². The highest BCUT2D eigenvalue weighted by Gasteiger charge is 2.28. The van der Waals surface area contributed by atoms with Gasteiger partial charge in [0.15, 0.2) is 5.96 Å². The molecule has 31 heavy (non-hydrogen) atoms. The fourth-order valence-corrected chi connectivity index (χ4v) is 4.40. The van der Waals surface area contributed by atoms with Crippen LogP contribution in [0.25, 0.3) is 0 Å². The maximum absolute atomic E-state index is 12.5. The summed E-state index contributed by atoms with van der Waals surface area (Å²) >= 11 is 0. The molecule has 3 N–H and O–H groups in total. The van der Waals surface area contributed by atoms with E-state index in [-0.39, 0.29) is 42.4 Å². The summed E-state index contributed by atoms with van der Waals surface area (Å²) in [5, 5.41) is 3.26. The molecule has 0 radical (unpaired) electrons. The molecule has 0 aromatic heterocycles. The van der Waals surface area contributed by atoms with E-state index < -0.39 is 15.9 Å². The van der Waals surface area contributed by atoms with Gasteiger partial charge in [0.25, 0.3) is 0 Å². The number of sulfonamides is 1. The smallest absolute Gasteiger partial charge is 0.248 e. The summed E-state index contributed by atoms with van der Waals surface area (Å²) in [6.07, 6.45) is 0.0135. The highest BCUT2D eigenvalue weighted by atomic mass is 127. The first-order chi connectivity index (χ1) is 14.2. The van der Waals surface area contributed by atoms with Crippen LogP contribution in [0.1, 0.15) is 36.7 Å². The van der Waals surface area contributed by atoms with Crippen molar-refractivity contribution in [2.24, 2.45) is 10.7 Å². The summed E-state index contributed by atoms with van der Waals surface area (Å²) in [4.78, 5) is 18.1. The van der Waals surface area contributed by atoms with E-state index >= 15 is 0 Å². The van der Waals surface area contributed by atoms with Crippen LogP contribution in [0.2, 0.25) is 0 Å². The monoisotopic (exact) mass is 567 g/mol. The summed E-state index contributed by atoms with van der Waals surface area (Å²) in [5.41, 5.74) is 6.67. The zero-order valence-electron chi connectivity index (χ0n) is 18.4. The van der Waals surface area contributed by atoms with Crippen LogP contribution in [-0.2, 0) is 21.3 Å². The average Bonchev–Trinajstić information content (AvgIpc) is 2.71. The van der Waals surface area contributed by atoms with Crippen LogP contribution < -0.4 is 11.1 Å². The van der Waals surface area contributed by atoms with Crippen molar-refractivity contribution >= 4 is 45.9 Å². The number of hydrogen-bond donors (Lipinski definition) is 2. The van der Waals surface area contributed by atoms with Gasteiger partial charge in [0.1, 0.15) is 0 Å². The molecule has 9 nitrogen and oxygen atoms in total. The number of halogens is 1. The third-order valence-corrected chi connectivity index (χ3v) is 6.52. The summed E-state index contributed by atoms with van der Waals surface area (Å²) in [6.45, 7) is 8.98. The van der Waals surface area contributed by atoms with Gasteiger partial charge in [-0.1, -0.05) is 12.1 Å². The highest BCUT2D eigenvalue weighted by molar-refractivity contribution is 14.0. The lowest BCUT2D eigenvalue weighted by Gasteiger charge is -2.36. The molecule has 0 atom stereocenters. The molecular weight excluding hydrogens is 533 g/mol. The molecule has 1 aliphatic heterocycles. The number of piperazine rings is 1. The first-order valence-corrected chi connectivity index (χ1v) is 11.8. The van der Waals surface area contributed by atoms with E-state index in [1.165, 1.54) is 4.31 Å². The Hall–Kier alpha value is -1.44. The number of ether oxygens (including phenoxy) is 1. The predicted molar refractivity (Wildman–Crippen MR) is 133 cm³/mol. The molecule has 1 aliphatic rings. The Balaban J connectivity index is 0.00000480. The Morgan fingerprint density at radius 1 is 1.26 bits per heavy atom. The van der Waals surface area contributed by atoms with Gasteiger partial charge in [-0.3, -0.25) is 4.79 Å². The van der Waals surface area contributed by atoms with Crippen LogP contribution >= 0.6 is 24.0 Å². The van der Waals surface area contributed by atoms with E-state index in [1.54, 1.807) is 18.2 Å². The third kappa shape index (κ3) is 8.91. The van der Waals surface area contributed by atoms with E-state index in [0.717, 1.165) is 11.5 Å². The molecule has 1 fully saturated rings. The first-order valence-electron chi connectivity index (χ1n) is 10.2. The average molecular weight is 567 g/mol. The summed E-state index contributed by atoms with van der Waals surface area (Å²) in [6, 6.07) is 7.08. The molecule has 0 saturated carbocycles. The molecule has 1 heterocycles. The zero-order chi connectivity index (χ0) is 22.1. The minimum Gasteiger partial charge on any atom is -0.378 e. The number of amides is 1. The van der Waals surface area contributed by atoms with Crippen LogP contribution in [0.3, 0.4) is 0 Å². The Kier molecular flexibility index (Phi) is 11.7. The van der Waals surface area contributed by atoms with Crippen LogP contribution in [0.15, 0.2) is 29.3 Å². The fraction of sp³-hybridized carbons (Fsp3) is 0.600. The normalized spacial score (nSPS) is 15.6. The van der Waals surface area contributed by atoms with Crippen molar-refractivity contribution < 1.29 is 17.9 Å². The maximum Gasteiger partial charge on any atom is 0.248 e. The number of rotatable bonds is 9. The number of nitrogens with zero attached hydrogens (tertiary/aromatic N) is 3. The van der Waals surface area contributed by atoms with Gasteiger partial charge in [-0.25, -0.2) is 13.4 Å². The number of nitrogens with one attached hydrogen (secondary N) is 1. The molecule has 1 aromatic rings. The Bertz CT molecular complexity index is 840. The quantitative estimate of drug-likeness (QED) is 0.264. The topological polar surface area (TPSA) is 117 Å². The molecule has 0 unspecified atom stereocenters. The van der Waals surface area contributed by atoms with Gasteiger partial charge in [-0.05, 0) is 38.5 Å². The molecular formula is C20H34IN5O4S. The second kappa shape index (κ2) is 13.2. The van der Waals surface area contributed by atoms with Gasteiger partial charge >= 0.3 is 0 Å². The minimum atomic E-state index is -3.33. The van der Waals surface area contributed by atoms with Crippen molar-refractivity contribution in [3.63, 3.8) is 0 Å². The molecule has 0 aliphatic carbocycles. The Morgan fingerprint density at radius 3 is 2.52 bits per heavy atom. The van der Waals surface area contributed by atoms with Gasteiger partial charge in [0.05, 0.1) is 25.0 Å². The van der Waals surface area contributed by atoms with Gasteiger partial charge in [0, 0.05) is 38.3 Å². The number of nitrogens with two attached hydrogens (primary N) is 1. The molecule has 2 rings (SSSR count). The Labute approximate surface area is 202 Å². The van der Waals surface area contributed by atoms with Crippen LogP contribution in [0, 0.1) is 0 Å². The van der Waals surface area contributed by atoms with Crippen LogP contribution in [0.5, 0.6) is 0 Å². The van der Waals surface area contributed by atoms with Gasteiger partial charge in [-0.2, -0.15) is 4.31 Å². The van der Waals surface area contributed by atoms with Crippen LogP contribution in [0.4, 0.5) is 0 Å². The number of carbonyl (C=O) groups is 1. The molecule has 176 valence electrons. The lowest BCUT2D eigenvalue weighted by molar-refractivity contribution is 0.0904. The van der Waals surface area contributed by atoms with E-state index in [9.17, 15) is 13.2 Å². The van der Waals surface area contributed by atoms with Gasteiger partial charge < -0.3 is 20.7 Å². The fourth-order valence-electron chi connectivity index (χ4n) is 3.11.